The molecule has 5 heteroatoms. The van der Waals surface area contributed by atoms with Crippen molar-refractivity contribution < 1.29 is 9.59 Å². The van der Waals surface area contributed by atoms with E-state index in [-0.39, 0.29) is 11.8 Å². The quantitative estimate of drug-likeness (QED) is 0.934. The molecule has 2 aromatic rings. The topological polar surface area (TPSA) is 62.3 Å². The fraction of sp³-hybridized carbons (Fsp3) is 0.350. The molecule has 1 aromatic carbocycles. The van der Waals surface area contributed by atoms with Crippen LogP contribution < -0.4 is 10.2 Å². The predicted molar refractivity (Wildman–Crippen MR) is 96.5 cm³/mol. The van der Waals surface area contributed by atoms with Crippen LogP contribution in [0.4, 0.5) is 5.69 Å². The maximum absolute atomic E-state index is 12.3. The molecule has 1 aromatic heterocycles. The van der Waals surface area contributed by atoms with Crippen molar-refractivity contribution in [1.29, 1.82) is 0 Å². The van der Waals surface area contributed by atoms with Crippen molar-refractivity contribution in [2.24, 2.45) is 0 Å². The fourth-order valence-corrected chi connectivity index (χ4v) is 3.16. The molecule has 1 saturated heterocycles. The van der Waals surface area contributed by atoms with Crippen LogP contribution in [0.25, 0.3) is 11.3 Å². The van der Waals surface area contributed by atoms with Crippen molar-refractivity contribution in [3.63, 3.8) is 0 Å². The van der Waals surface area contributed by atoms with E-state index in [0.717, 1.165) is 48.3 Å². The van der Waals surface area contributed by atoms with E-state index in [9.17, 15) is 9.59 Å². The smallest absolute Gasteiger partial charge is 0.251 e. The van der Waals surface area contributed by atoms with Gasteiger partial charge in [-0.05, 0) is 56.0 Å². The number of aryl methyl sites for hydroxylation is 1. The highest BCUT2D eigenvalue weighted by Crippen LogP contribution is 2.27. The number of carbonyl (C=O) groups excluding carboxylic acids is 2. The number of benzene rings is 1. The molecule has 25 heavy (non-hydrogen) atoms. The lowest BCUT2D eigenvalue weighted by atomic mass is 10.0. The zero-order valence-corrected chi connectivity index (χ0v) is 14.3. The lowest BCUT2D eigenvalue weighted by molar-refractivity contribution is -0.117. The van der Waals surface area contributed by atoms with Gasteiger partial charge in [0.15, 0.2) is 0 Å². The first-order valence-electron chi connectivity index (χ1n) is 8.80. The van der Waals surface area contributed by atoms with E-state index in [1.807, 2.05) is 37.3 Å². The second-order valence-corrected chi connectivity index (χ2v) is 6.83. The summed E-state index contributed by atoms with van der Waals surface area (Å²) in [6.45, 7) is 2.77. The van der Waals surface area contributed by atoms with E-state index in [1.165, 1.54) is 0 Å². The van der Waals surface area contributed by atoms with Gasteiger partial charge in [-0.25, -0.2) is 0 Å². The van der Waals surface area contributed by atoms with Crippen LogP contribution in [0.2, 0.25) is 0 Å². The third-order valence-corrected chi connectivity index (χ3v) is 4.82. The van der Waals surface area contributed by atoms with Crippen molar-refractivity contribution in [3.8, 4) is 11.3 Å². The van der Waals surface area contributed by atoms with E-state index in [0.29, 0.717) is 18.0 Å². The van der Waals surface area contributed by atoms with Gasteiger partial charge in [-0.3, -0.25) is 14.6 Å². The number of rotatable bonds is 4. The van der Waals surface area contributed by atoms with Crippen molar-refractivity contribution in [3.05, 3.63) is 47.7 Å². The molecule has 2 aliphatic rings. The summed E-state index contributed by atoms with van der Waals surface area (Å²) in [5, 5.41) is 3.02. The first-order chi connectivity index (χ1) is 12.1. The summed E-state index contributed by atoms with van der Waals surface area (Å²) in [4.78, 5) is 30.4. The van der Waals surface area contributed by atoms with Crippen molar-refractivity contribution in [2.75, 3.05) is 11.4 Å². The van der Waals surface area contributed by atoms with Gasteiger partial charge in [0.05, 0.1) is 17.6 Å². The summed E-state index contributed by atoms with van der Waals surface area (Å²) in [6, 6.07) is 9.90. The molecule has 0 bridgehead atoms. The Bertz CT molecular complexity index is 825. The van der Waals surface area contributed by atoms with Gasteiger partial charge in [-0.2, -0.15) is 0 Å². The maximum atomic E-state index is 12.3. The number of amides is 2. The minimum absolute atomic E-state index is 0.0250. The van der Waals surface area contributed by atoms with Gasteiger partial charge in [-0.1, -0.05) is 6.07 Å². The van der Waals surface area contributed by atoms with Crippen LogP contribution in [-0.2, 0) is 4.79 Å². The Balaban J connectivity index is 1.59. The number of aromatic nitrogens is 1. The van der Waals surface area contributed by atoms with Crippen LogP contribution in [-0.4, -0.2) is 29.4 Å². The molecule has 0 radical (unpaired) electrons. The second-order valence-electron chi connectivity index (χ2n) is 6.83. The Labute approximate surface area is 147 Å². The van der Waals surface area contributed by atoms with Gasteiger partial charge in [0.25, 0.3) is 5.91 Å². The maximum Gasteiger partial charge on any atom is 0.251 e. The third kappa shape index (κ3) is 3.27. The summed E-state index contributed by atoms with van der Waals surface area (Å²) in [5.41, 5.74) is 4.33. The lowest BCUT2D eigenvalue weighted by Crippen LogP contribution is -2.25. The third-order valence-electron chi connectivity index (χ3n) is 4.82. The molecule has 1 N–H and O–H groups in total. The number of nitrogens with zero attached hydrogens (tertiary/aromatic N) is 2. The standard InChI is InChI=1S/C20H21N3O2/c1-13-4-5-14(20(25)22-15-6-7-15)11-17(13)18-9-8-16(12-21-18)23-10-2-3-19(23)24/h4-5,8-9,11-12,15H,2-3,6-7,10H2,1H3,(H,22,25). The Morgan fingerprint density at radius 2 is 2.08 bits per heavy atom. The largest absolute Gasteiger partial charge is 0.349 e. The number of hydrogen-bond donors (Lipinski definition) is 1. The molecule has 0 atom stereocenters. The van der Waals surface area contributed by atoms with Crippen LogP contribution >= 0.6 is 0 Å². The minimum atomic E-state index is -0.0250. The van der Waals surface area contributed by atoms with Crippen LogP contribution in [0.5, 0.6) is 0 Å². The summed E-state index contributed by atoms with van der Waals surface area (Å²) < 4.78 is 0. The van der Waals surface area contributed by atoms with Crippen LogP contribution in [0.1, 0.15) is 41.6 Å². The number of carbonyl (C=O) groups is 2. The van der Waals surface area contributed by atoms with Gasteiger partial charge in [0.2, 0.25) is 5.91 Å². The monoisotopic (exact) mass is 335 g/mol. The first kappa shape index (κ1) is 15.8. The van der Waals surface area contributed by atoms with Crippen LogP contribution in [0, 0.1) is 6.92 Å². The molecular formula is C20H21N3O2. The minimum Gasteiger partial charge on any atom is -0.349 e. The van der Waals surface area contributed by atoms with E-state index in [1.54, 1.807) is 11.1 Å². The average Bonchev–Trinajstić information content (AvgIpc) is 3.33. The van der Waals surface area contributed by atoms with E-state index in [2.05, 4.69) is 10.3 Å². The SMILES string of the molecule is Cc1ccc(C(=O)NC2CC2)cc1-c1ccc(N2CCCC2=O)cn1. The Morgan fingerprint density at radius 1 is 1.24 bits per heavy atom. The van der Waals surface area contributed by atoms with E-state index in [4.69, 9.17) is 0 Å². The van der Waals surface area contributed by atoms with Crippen molar-refractivity contribution in [2.45, 2.75) is 38.6 Å². The summed E-state index contributed by atoms with van der Waals surface area (Å²) in [7, 11) is 0. The highest BCUT2D eigenvalue weighted by molar-refractivity contribution is 5.96. The number of nitrogens with one attached hydrogen (secondary N) is 1. The number of anilines is 1. The summed E-state index contributed by atoms with van der Waals surface area (Å²) >= 11 is 0. The van der Waals surface area contributed by atoms with Gasteiger partial charge in [0.1, 0.15) is 0 Å². The molecule has 2 fully saturated rings. The zero-order chi connectivity index (χ0) is 17.4. The zero-order valence-electron chi connectivity index (χ0n) is 14.3. The Morgan fingerprint density at radius 3 is 2.72 bits per heavy atom. The molecular weight excluding hydrogens is 314 g/mol. The van der Waals surface area contributed by atoms with Gasteiger partial charge < -0.3 is 10.2 Å². The molecule has 2 heterocycles. The van der Waals surface area contributed by atoms with Crippen LogP contribution in [0.15, 0.2) is 36.5 Å². The van der Waals surface area contributed by atoms with Crippen molar-refractivity contribution in [1.82, 2.24) is 10.3 Å². The normalized spacial score (nSPS) is 17.0. The predicted octanol–water partition coefficient (Wildman–Crippen LogP) is 3.08. The van der Waals surface area contributed by atoms with E-state index < -0.39 is 0 Å². The Hall–Kier alpha value is -2.69. The number of pyridine rings is 1. The Kier molecular flexibility index (Phi) is 3.99. The fourth-order valence-electron chi connectivity index (χ4n) is 3.16. The highest BCUT2D eigenvalue weighted by Gasteiger charge is 2.24. The van der Waals surface area contributed by atoms with Gasteiger partial charge in [-0.15, -0.1) is 0 Å². The van der Waals surface area contributed by atoms with E-state index >= 15 is 0 Å². The molecule has 0 spiro atoms. The molecule has 128 valence electrons. The molecule has 1 aliphatic carbocycles. The second kappa shape index (κ2) is 6.31. The molecule has 2 amide bonds. The summed E-state index contributed by atoms with van der Waals surface area (Å²) in [5.74, 6) is 0.132. The molecule has 1 saturated carbocycles. The molecule has 0 unspecified atom stereocenters. The lowest BCUT2D eigenvalue weighted by Gasteiger charge is -2.16. The first-order valence-corrected chi connectivity index (χ1v) is 8.80. The molecule has 1 aliphatic heterocycles. The van der Waals surface area contributed by atoms with Crippen molar-refractivity contribution >= 4 is 17.5 Å². The number of hydrogen-bond acceptors (Lipinski definition) is 3. The molecule has 4 rings (SSSR count). The summed E-state index contributed by atoms with van der Waals surface area (Å²) in [6.07, 6.45) is 5.40. The van der Waals surface area contributed by atoms with Gasteiger partial charge in [0, 0.05) is 30.1 Å². The van der Waals surface area contributed by atoms with Gasteiger partial charge >= 0.3 is 0 Å². The highest BCUT2D eigenvalue weighted by atomic mass is 16.2. The van der Waals surface area contributed by atoms with Crippen LogP contribution in [0.3, 0.4) is 0 Å². The molecule has 5 nitrogen and oxygen atoms in total. The average molecular weight is 335 g/mol.